The van der Waals surface area contributed by atoms with Crippen molar-refractivity contribution in [1.82, 2.24) is 0 Å². The van der Waals surface area contributed by atoms with E-state index in [1.54, 1.807) is 58.3 Å². The maximum atomic E-state index is 14.0. The van der Waals surface area contributed by atoms with Crippen molar-refractivity contribution in [2.24, 2.45) is 0 Å². The Morgan fingerprint density at radius 3 is 2.00 bits per heavy atom. The van der Waals surface area contributed by atoms with E-state index in [4.69, 9.17) is 0 Å². The number of nitrogens with zero attached hydrogens (tertiary/aromatic N) is 4. The minimum atomic E-state index is -0.544. The fourth-order valence-corrected chi connectivity index (χ4v) is 5.15. The van der Waals surface area contributed by atoms with Crippen molar-refractivity contribution in [3.8, 4) is 0 Å². The molecule has 200 valence electrons. The molecule has 1 aliphatic rings. The van der Waals surface area contributed by atoms with Gasteiger partial charge >= 0.3 is 0 Å². The standard InChI is InChI=1S/C30H24N4O6/c1-20-17-28(32(23-11-3-2-4-12-23)30(36)22-10-8-14-25(19-22)34(39)40)26-15-5-6-16-27(26)31(20)29(35)21-9-7-13-24(18-21)33(37)38/h2-16,18-20,28H,17H2,1H3. The molecule has 0 radical (unpaired) electrons. The van der Waals surface area contributed by atoms with Crippen molar-refractivity contribution in [2.75, 3.05) is 9.80 Å². The van der Waals surface area contributed by atoms with Crippen LogP contribution in [0, 0.1) is 20.2 Å². The molecule has 0 bridgehead atoms. The quantitative estimate of drug-likeness (QED) is 0.209. The second-order valence-corrected chi connectivity index (χ2v) is 9.46. The molecule has 0 fully saturated rings. The van der Waals surface area contributed by atoms with Gasteiger partial charge in [0.15, 0.2) is 0 Å². The van der Waals surface area contributed by atoms with Gasteiger partial charge in [-0.15, -0.1) is 0 Å². The lowest BCUT2D eigenvalue weighted by molar-refractivity contribution is -0.385. The fourth-order valence-electron chi connectivity index (χ4n) is 5.15. The zero-order valence-corrected chi connectivity index (χ0v) is 21.4. The first-order chi connectivity index (χ1) is 19.3. The molecular weight excluding hydrogens is 512 g/mol. The van der Waals surface area contributed by atoms with E-state index in [0.717, 1.165) is 0 Å². The van der Waals surface area contributed by atoms with Gasteiger partial charge in [0.1, 0.15) is 0 Å². The summed E-state index contributed by atoms with van der Waals surface area (Å²) >= 11 is 0. The molecule has 10 nitrogen and oxygen atoms in total. The second kappa shape index (κ2) is 10.8. The number of hydrogen-bond acceptors (Lipinski definition) is 6. The molecule has 0 aromatic heterocycles. The molecule has 0 saturated carbocycles. The number of carbonyl (C=O) groups is 2. The van der Waals surface area contributed by atoms with E-state index >= 15 is 0 Å². The number of anilines is 2. The first-order valence-electron chi connectivity index (χ1n) is 12.6. The average molecular weight is 537 g/mol. The second-order valence-electron chi connectivity index (χ2n) is 9.46. The van der Waals surface area contributed by atoms with Crippen LogP contribution in [0.3, 0.4) is 0 Å². The monoisotopic (exact) mass is 536 g/mol. The van der Waals surface area contributed by atoms with Crippen LogP contribution in [0.2, 0.25) is 0 Å². The van der Waals surface area contributed by atoms with Gasteiger partial charge in [-0.3, -0.25) is 29.8 Å². The molecule has 4 aromatic rings. The third-order valence-corrected chi connectivity index (χ3v) is 6.95. The summed E-state index contributed by atoms with van der Waals surface area (Å²) < 4.78 is 0. The Morgan fingerprint density at radius 1 is 0.775 bits per heavy atom. The van der Waals surface area contributed by atoms with E-state index in [-0.39, 0.29) is 22.5 Å². The molecule has 2 unspecified atom stereocenters. The number of fused-ring (bicyclic) bond motifs is 1. The van der Waals surface area contributed by atoms with Crippen molar-refractivity contribution in [3.63, 3.8) is 0 Å². The predicted octanol–water partition coefficient (Wildman–Crippen LogP) is 6.33. The van der Waals surface area contributed by atoms with E-state index < -0.39 is 33.7 Å². The van der Waals surface area contributed by atoms with Gasteiger partial charge in [-0.05, 0) is 49.2 Å². The van der Waals surface area contributed by atoms with Crippen molar-refractivity contribution >= 4 is 34.6 Å². The third-order valence-electron chi connectivity index (χ3n) is 6.95. The van der Waals surface area contributed by atoms with Gasteiger partial charge in [0.05, 0.1) is 15.9 Å². The van der Waals surface area contributed by atoms with E-state index in [1.807, 2.05) is 25.1 Å². The number of rotatable bonds is 6. The summed E-state index contributed by atoms with van der Waals surface area (Å²) in [7, 11) is 0. The number of hydrogen-bond donors (Lipinski definition) is 0. The number of para-hydroxylation sites is 2. The molecule has 10 heteroatoms. The highest BCUT2D eigenvalue weighted by Crippen LogP contribution is 2.43. The molecule has 0 aliphatic carbocycles. The Bertz CT molecular complexity index is 1620. The van der Waals surface area contributed by atoms with Gasteiger partial charge in [0.2, 0.25) is 0 Å². The largest absolute Gasteiger partial charge is 0.305 e. The lowest BCUT2D eigenvalue weighted by Crippen LogP contribution is -2.47. The van der Waals surface area contributed by atoms with Crippen LogP contribution in [-0.4, -0.2) is 27.7 Å². The zero-order valence-electron chi connectivity index (χ0n) is 21.4. The zero-order chi connectivity index (χ0) is 28.4. The molecule has 5 rings (SSSR count). The molecule has 1 heterocycles. The molecule has 0 spiro atoms. The van der Waals surface area contributed by atoms with Crippen LogP contribution in [0.5, 0.6) is 0 Å². The topological polar surface area (TPSA) is 127 Å². The minimum absolute atomic E-state index is 0.165. The van der Waals surface area contributed by atoms with Gasteiger partial charge in [-0.1, -0.05) is 48.5 Å². The minimum Gasteiger partial charge on any atom is -0.305 e. The molecule has 40 heavy (non-hydrogen) atoms. The highest BCUT2D eigenvalue weighted by atomic mass is 16.6. The van der Waals surface area contributed by atoms with E-state index in [2.05, 4.69) is 0 Å². The smallest absolute Gasteiger partial charge is 0.270 e. The SMILES string of the molecule is CC1CC(N(C(=O)c2cccc([N+](=O)[O-])c2)c2ccccc2)c2ccccc2N1C(=O)c1cccc([N+](=O)[O-])c1. The predicted molar refractivity (Wildman–Crippen MR) is 150 cm³/mol. The Kier molecular flexibility index (Phi) is 7.07. The Labute approximate surface area is 229 Å². The van der Waals surface area contributed by atoms with E-state index in [9.17, 15) is 29.8 Å². The molecule has 1 aliphatic heterocycles. The Morgan fingerprint density at radius 2 is 1.35 bits per heavy atom. The highest BCUT2D eigenvalue weighted by molar-refractivity contribution is 6.09. The van der Waals surface area contributed by atoms with Crippen molar-refractivity contribution in [3.05, 3.63) is 140 Å². The van der Waals surface area contributed by atoms with Crippen molar-refractivity contribution in [1.29, 1.82) is 0 Å². The molecule has 2 amide bonds. The first-order valence-corrected chi connectivity index (χ1v) is 12.6. The lowest BCUT2D eigenvalue weighted by atomic mass is 9.89. The number of carbonyl (C=O) groups excluding carboxylic acids is 2. The van der Waals surface area contributed by atoms with Gasteiger partial charge in [0, 0.05) is 52.8 Å². The number of benzene rings is 4. The summed E-state index contributed by atoms with van der Waals surface area (Å²) in [6.07, 6.45) is 0.354. The summed E-state index contributed by atoms with van der Waals surface area (Å²) in [6, 6.07) is 26.6. The number of nitro benzene ring substituents is 2. The summed E-state index contributed by atoms with van der Waals surface area (Å²) in [5.41, 5.74) is 1.87. The van der Waals surface area contributed by atoms with Crippen LogP contribution < -0.4 is 9.80 Å². The maximum Gasteiger partial charge on any atom is 0.270 e. The summed E-state index contributed by atoms with van der Waals surface area (Å²) in [5, 5.41) is 22.7. The van der Waals surface area contributed by atoms with Gasteiger partial charge < -0.3 is 9.80 Å². The highest BCUT2D eigenvalue weighted by Gasteiger charge is 2.39. The maximum absolute atomic E-state index is 14.0. The van der Waals surface area contributed by atoms with Crippen LogP contribution >= 0.6 is 0 Å². The van der Waals surface area contributed by atoms with Crippen LogP contribution in [0.15, 0.2) is 103 Å². The van der Waals surface area contributed by atoms with E-state index in [1.165, 1.54) is 36.4 Å². The summed E-state index contributed by atoms with van der Waals surface area (Å²) in [5.74, 6) is -0.807. The molecule has 0 saturated heterocycles. The number of amides is 2. The molecule has 0 N–H and O–H groups in total. The van der Waals surface area contributed by atoms with Crippen molar-refractivity contribution < 1.29 is 19.4 Å². The van der Waals surface area contributed by atoms with Gasteiger partial charge in [0.25, 0.3) is 23.2 Å². The first kappa shape index (κ1) is 26.2. The van der Waals surface area contributed by atoms with Gasteiger partial charge in [-0.2, -0.15) is 0 Å². The molecule has 2 atom stereocenters. The molecule has 4 aromatic carbocycles. The lowest BCUT2D eigenvalue weighted by Gasteiger charge is -2.43. The molecular formula is C30H24N4O6. The van der Waals surface area contributed by atoms with Crippen LogP contribution in [-0.2, 0) is 0 Å². The average Bonchev–Trinajstić information content (AvgIpc) is 2.97. The number of non-ortho nitro benzene ring substituents is 2. The van der Waals surface area contributed by atoms with Crippen LogP contribution in [0.1, 0.15) is 45.7 Å². The van der Waals surface area contributed by atoms with Crippen molar-refractivity contribution in [2.45, 2.75) is 25.4 Å². The Hall–Kier alpha value is -5.38. The van der Waals surface area contributed by atoms with Crippen LogP contribution in [0.4, 0.5) is 22.7 Å². The summed E-state index contributed by atoms with van der Waals surface area (Å²) in [6.45, 7) is 1.86. The summed E-state index contributed by atoms with van der Waals surface area (Å²) in [4.78, 5) is 52.6. The van der Waals surface area contributed by atoms with Gasteiger partial charge in [-0.25, -0.2) is 0 Å². The Balaban J connectivity index is 1.60. The fraction of sp³-hybridized carbons (Fsp3) is 0.133. The van der Waals surface area contributed by atoms with E-state index in [0.29, 0.717) is 23.4 Å². The normalized spacial score (nSPS) is 16.1. The van der Waals surface area contributed by atoms with Crippen LogP contribution in [0.25, 0.3) is 0 Å². The third kappa shape index (κ3) is 4.90. The number of nitro groups is 2.